The molecule has 0 saturated heterocycles. The molecule has 1 atom stereocenters. The first-order valence-electron chi connectivity index (χ1n) is 8.28. The van der Waals surface area contributed by atoms with Crippen LogP contribution in [0.2, 0.25) is 0 Å². The second-order valence-electron chi connectivity index (χ2n) is 5.50. The van der Waals surface area contributed by atoms with Gasteiger partial charge in [0.25, 0.3) is 5.56 Å². The molecule has 2 N–H and O–H groups in total. The van der Waals surface area contributed by atoms with Gasteiger partial charge < -0.3 is 19.8 Å². The van der Waals surface area contributed by atoms with Gasteiger partial charge in [-0.1, -0.05) is 11.8 Å². The van der Waals surface area contributed by atoms with E-state index in [1.807, 2.05) is 6.92 Å². The van der Waals surface area contributed by atoms with E-state index < -0.39 is 16.8 Å². The predicted molar refractivity (Wildman–Crippen MR) is 102 cm³/mol. The summed E-state index contributed by atoms with van der Waals surface area (Å²) in [4.78, 5) is 42.2. The fraction of sp³-hybridized carbons (Fsp3) is 0.333. The molecule has 0 spiro atoms. The molecule has 0 aliphatic heterocycles. The van der Waals surface area contributed by atoms with E-state index in [2.05, 4.69) is 20.0 Å². The molecular weight excluding hydrogens is 370 g/mol. The molecule has 0 aliphatic rings. The van der Waals surface area contributed by atoms with E-state index in [9.17, 15) is 14.4 Å². The maximum atomic E-state index is 12.4. The number of hydrogen-bond donors (Lipinski definition) is 2. The van der Waals surface area contributed by atoms with Crippen LogP contribution in [0.3, 0.4) is 0 Å². The first-order valence-corrected chi connectivity index (χ1v) is 9.16. The molecule has 27 heavy (non-hydrogen) atoms. The van der Waals surface area contributed by atoms with Crippen molar-refractivity contribution in [2.75, 3.05) is 19.0 Å². The van der Waals surface area contributed by atoms with Gasteiger partial charge in [-0.3, -0.25) is 14.4 Å². The number of anilines is 1. The summed E-state index contributed by atoms with van der Waals surface area (Å²) in [7, 11) is 1.26. The topological polar surface area (TPSA) is 110 Å². The van der Waals surface area contributed by atoms with Crippen LogP contribution >= 0.6 is 11.8 Å². The highest BCUT2D eigenvalue weighted by Gasteiger charge is 2.17. The van der Waals surface area contributed by atoms with E-state index in [1.54, 1.807) is 31.2 Å². The lowest BCUT2D eigenvalue weighted by atomic mass is 10.3. The number of nitrogens with zero attached hydrogens (tertiary/aromatic N) is 1. The zero-order chi connectivity index (χ0) is 19.8. The first kappa shape index (κ1) is 20.5. The minimum absolute atomic E-state index is 0.110. The number of thioether (sulfide) groups is 1. The van der Waals surface area contributed by atoms with Crippen molar-refractivity contribution in [2.24, 2.45) is 0 Å². The summed E-state index contributed by atoms with van der Waals surface area (Å²) in [6.45, 7) is 4.16. The summed E-state index contributed by atoms with van der Waals surface area (Å²) in [5, 5.41) is 2.53. The Labute approximate surface area is 160 Å². The number of amides is 1. The molecule has 1 aromatic heterocycles. The van der Waals surface area contributed by atoms with Crippen LogP contribution in [-0.2, 0) is 20.7 Å². The third kappa shape index (κ3) is 6.45. The van der Waals surface area contributed by atoms with Gasteiger partial charge in [-0.2, -0.15) is 0 Å². The first-order chi connectivity index (χ1) is 12.9. The zero-order valence-electron chi connectivity index (χ0n) is 15.3. The van der Waals surface area contributed by atoms with Gasteiger partial charge in [0.15, 0.2) is 5.16 Å². The Bertz CT molecular complexity index is 851. The fourth-order valence-corrected chi connectivity index (χ4v) is 2.95. The molecule has 2 aromatic rings. The quantitative estimate of drug-likeness (QED) is 0.402. The second-order valence-corrected chi connectivity index (χ2v) is 6.83. The number of benzene rings is 1. The number of carbonyl (C=O) groups is 2. The number of methoxy groups -OCH3 is 1. The Balaban J connectivity index is 2.01. The fourth-order valence-electron chi connectivity index (χ4n) is 2.12. The standard InChI is InChI=1S/C18H21N3O5S/c1-4-26-14-7-5-12(6-8-14)19-17(24)11(2)27-18-20-13(9-15(22)21-18)10-16(23)25-3/h5-9,11H,4,10H2,1-3H3,(H,19,24)(H,20,21,22)/t11-/m0/s1. The van der Waals surface area contributed by atoms with Gasteiger partial charge in [0.05, 0.1) is 31.1 Å². The smallest absolute Gasteiger partial charge is 0.311 e. The van der Waals surface area contributed by atoms with Crippen molar-refractivity contribution in [1.82, 2.24) is 9.97 Å². The van der Waals surface area contributed by atoms with Gasteiger partial charge >= 0.3 is 5.97 Å². The van der Waals surface area contributed by atoms with Gasteiger partial charge in [-0.25, -0.2) is 4.98 Å². The molecule has 1 heterocycles. The van der Waals surface area contributed by atoms with E-state index >= 15 is 0 Å². The van der Waals surface area contributed by atoms with Crippen molar-refractivity contribution in [1.29, 1.82) is 0 Å². The van der Waals surface area contributed by atoms with Crippen LogP contribution in [0.25, 0.3) is 0 Å². The third-order valence-electron chi connectivity index (χ3n) is 3.42. The molecule has 9 heteroatoms. The van der Waals surface area contributed by atoms with Gasteiger partial charge in [-0.15, -0.1) is 0 Å². The zero-order valence-corrected chi connectivity index (χ0v) is 16.1. The molecule has 0 aliphatic carbocycles. The molecule has 0 unspecified atom stereocenters. The molecule has 0 radical (unpaired) electrons. The summed E-state index contributed by atoms with van der Waals surface area (Å²) in [6, 6.07) is 8.26. The number of carbonyl (C=O) groups excluding carboxylic acids is 2. The number of H-pyrrole nitrogens is 1. The highest BCUT2D eigenvalue weighted by molar-refractivity contribution is 8.00. The number of aromatic amines is 1. The molecular formula is C18H21N3O5S. The number of nitrogens with one attached hydrogen (secondary N) is 2. The van der Waals surface area contributed by atoms with Crippen LogP contribution in [0.5, 0.6) is 5.75 Å². The molecule has 144 valence electrons. The average Bonchev–Trinajstić information content (AvgIpc) is 2.62. The monoisotopic (exact) mass is 391 g/mol. The highest BCUT2D eigenvalue weighted by atomic mass is 32.2. The highest BCUT2D eigenvalue weighted by Crippen LogP contribution is 2.21. The molecule has 8 nitrogen and oxygen atoms in total. The molecule has 0 fully saturated rings. The van der Waals surface area contributed by atoms with Crippen molar-refractivity contribution in [2.45, 2.75) is 30.7 Å². The summed E-state index contributed by atoms with van der Waals surface area (Å²) < 4.78 is 9.93. The number of ether oxygens (including phenoxy) is 2. The van der Waals surface area contributed by atoms with Crippen LogP contribution < -0.4 is 15.6 Å². The maximum Gasteiger partial charge on any atom is 0.311 e. The van der Waals surface area contributed by atoms with E-state index in [1.165, 1.54) is 13.2 Å². The van der Waals surface area contributed by atoms with Gasteiger partial charge in [0.1, 0.15) is 5.75 Å². The Hall–Kier alpha value is -2.81. The Kier molecular flexibility index (Phi) is 7.42. The lowest BCUT2D eigenvalue weighted by molar-refractivity contribution is -0.139. The summed E-state index contributed by atoms with van der Waals surface area (Å²) >= 11 is 1.09. The van der Waals surface area contributed by atoms with Crippen LogP contribution in [0, 0.1) is 0 Å². The average molecular weight is 391 g/mol. The van der Waals surface area contributed by atoms with E-state index in [-0.39, 0.29) is 23.2 Å². The molecule has 1 amide bonds. The Morgan fingerprint density at radius 2 is 2.00 bits per heavy atom. The van der Waals surface area contributed by atoms with Crippen LogP contribution in [0.15, 0.2) is 40.3 Å². The number of aromatic nitrogens is 2. The lowest BCUT2D eigenvalue weighted by Gasteiger charge is -2.12. The van der Waals surface area contributed by atoms with Crippen molar-refractivity contribution >= 4 is 29.3 Å². The minimum Gasteiger partial charge on any atom is -0.494 e. The number of rotatable bonds is 8. The van der Waals surface area contributed by atoms with Gasteiger partial charge in [-0.05, 0) is 38.1 Å². The molecule has 2 rings (SSSR count). The third-order valence-corrected chi connectivity index (χ3v) is 4.40. The Morgan fingerprint density at radius 1 is 1.30 bits per heavy atom. The largest absolute Gasteiger partial charge is 0.494 e. The van der Waals surface area contributed by atoms with Crippen LogP contribution in [0.4, 0.5) is 5.69 Å². The number of esters is 1. The van der Waals surface area contributed by atoms with Crippen molar-refractivity contribution in [3.05, 3.63) is 46.4 Å². The maximum absolute atomic E-state index is 12.4. The van der Waals surface area contributed by atoms with E-state index in [4.69, 9.17) is 4.74 Å². The lowest BCUT2D eigenvalue weighted by Crippen LogP contribution is -2.23. The van der Waals surface area contributed by atoms with Crippen molar-refractivity contribution in [3.8, 4) is 5.75 Å². The van der Waals surface area contributed by atoms with Gasteiger partial charge in [0, 0.05) is 11.8 Å². The molecule has 0 saturated carbocycles. The number of hydrogen-bond acceptors (Lipinski definition) is 7. The van der Waals surface area contributed by atoms with Crippen LogP contribution in [-0.4, -0.2) is 40.8 Å². The van der Waals surface area contributed by atoms with Crippen molar-refractivity contribution in [3.63, 3.8) is 0 Å². The second kappa shape index (κ2) is 9.77. The SMILES string of the molecule is CCOc1ccc(NC(=O)[C@H](C)Sc2nc(CC(=O)OC)cc(=O)[nH]2)cc1. The minimum atomic E-state index is -0.520. The summed E-state index contributed by atoms with van der Waals surface area (Å²) in [5.74, 6) is -0.0161. The van der Waals surface area contributed by atoms with Crippen LogP contribution in [0.1, 0.15) is 19.5 Å². The van der Waals surface area contributed by atoms with E-state index in [0.29, 0.717) is 12.3 Å². The predicted octanol–water partition coefficient (Wildman–Crippen LogP) is 2.00. The van der Waals surface area contributed by atoms with E-state index in [0.717, 1.165) is 17.5 Å². The molecule has 0 bridgehead atoms. The summed E-state index contributed by atoms with van der Waals surface area (Å²) in [5.41, 5.74) is 0.523. The molecule has 1 aromatic carbocycles. The Morgan fingerprint density at radius 3 is 2.63 bits per heavy atom. The van der Waals surface area contributed by atoms with Gasteiger partial charge in [0.2, 0.25) is 5.91 Å². The normalized spacial score (nSPS) is 11.5. The summed E-state index contributed by atoms with van der Waals surface area (Å²) in [6.07, 6.45) is -0.110. The van der Waals surface area contributed by atoms with Crippen molar-refractivity contribution < 1.29 is 19.1 Å².